The van der Waals surface area contributed by atoms with Crippen LogP contribution in [0.1, 0.15) is 22.5 Å². The molecule has 0 unspecified atom stereocenters. The van der Waals surface area contributed by atoms with Gasteiger partial charge in [-0.25, -0.2) is 5.43 Å². The topological polar surface area (TPSA) is 63.8 Å². The number of nitrogens with one attached hydrogen (secondary N) is 1. The molecular weight excluding hydrogens is 428 g/mol. The number of nitrogens with zero attached hydrogens (tertiary/aromatic N) is 1. The van der Waals surface area contributed by atoms with Gasteiger partial charge in [-0.15, -0.1) is 0 Å². The molecule has 122 valence electrons. The van der Waals surface area contributed by atoms with Gasteiger partial charge in [0.1, 0.15) is 11.5 Å². The summed E-state index contributed by atoms with van der Waals surface area (Å²) in [4.78, 5) is 11.8. The van der Waals surface area contributed by atoms with Crippen LogP contribution in [0.2, 0.25) is 0 Å². The van der Waals surface area contributed by atoms with Crippen molar-refractivity contribution >= 4 is 44.0 Å². The number of aryl methyl sites for hydroxylation is 2. The fourth-order valence-electron chi connectivity index (χ4n) is 1.91. The molecule has 1 aromatic heterocycles. The van der Waals surface area contributed by atoms with Crippen molar-refractivity contribution in [2.24, 2.45) is 5.10 Å². The van der Waals surface area contributed by atoms with E-state index in [2.05, 4.69) is 42.4 Å². The van der Waals surface area contributed by atoms with Gasteiger partial charge >= 0.3 is 0 Å². The van der Waals surface area contributed by atoms with Crippen molar-refractivity contribution in [1.82, 2.24) is 5.43 Å². The summed E-state index contributed by atoms with van der Waals surface area (Å²) in [6.45, 7) is 5.82. The first-order valence-electron chi connectivity index (χ1n) is 6.85. The summed E-state index contributed by atoms with van der Waals surface area (Å²) in [5.74, 6) is 0.907. The lowest BCUT2D eigenvalue weighted by molar-refractivity contribution is -0.123. The van der Waals surface area contributed by atoms with Crippen molar-refractivity contribution in [3.63, 3.8) is 0 Å². The zero-order valence-electron chi connectivity index (χ0n) is 12.9. The molecule has 1 N–H and O–H groups in total. The highest BCUT2D eigenvalue weighted by Gasteiger charge is 2.09. The third-order valence-corrected chi connectivity index (χ3v) is 4.98. The minimum absolute atomic E-state index is 0.103. The quantitative estimate of drug-likeness (QED) is 0.554. The molecule has 0 atom stereocenters. The fraction of sp³-hybridized carbons (Fsp3) is 0.250. The third-order valence-electron chi connectivity index (χ3n) is 3.27. The number of hydrazone groups is 1. The predicted octanol–water partition coefficient (Wildman–Crippen LogP) is 4.26. The van der Waals surface area contributed by atoms with Gasteiger partial charge in [-0.2, -0.15) is 5.10 Å². The number of halogens is 2. The molecule has 5 nitrogen and oxygen atoms in total. The van der Waals surface area contributed by atoms with Crippen molar-refractivity contribution in [2.45, 2.75) is 20.8 Å². The molecule has 0 spiro atoms. The van der Waals surface area contributed by atoms with Crippen LogP contribution >= 0.6 is 31.9 Å². The molecule has 2 aromatic rings. The first-order chi connectivity index (χ1) is 10.9. The molecule has 0 aliphatic carbocycles. The minimum Gasteiger partial charge on any atom is -0.483 e. The molecule has 0 radical (unpaired) electrons. The molecule has 1 amide bonds. The van der Waals surface area contributed by atoms with E-state index in [-0.39, 0.29) is 12.5 Å². The Morgan fingerprint density at radius 1 is 1.30 bits per heavy atom. The van der Waals surface area contributed by atoms with Gasteiger partial charge in [-0.05, 0) is 69.3 Å². The van der Waals surface area contributed by atoms with Gasteiger partial charge in [0, 0.05) is 6.07 Å². The molecule has 2 rings (SSSR count). The van der Waals surface area contributed by atoms with Crippen molar-refractivity contribution in [3.05, 3.63) is 49.8 Å². The fourth-order valence-corrected chi connectivity index (χ4v) is 2.52. The van der Waals surface area contributed by atoms with Crippen LogP contribution in [-0.4, -0.2) is 18.7 Å². The van der Waals surface area contributed by atoms with Crippen LogP contribution in [0.5, 0.6) is 5.75 Å². The van der Waals surface area contributed by atoms with Gasteiger partial charge in [0.25, 0.3) is 5.91 Å². The Labute approximate surface area is 151 Å². The van der Waals surface area contributed by atoms with E-state index in [0.29, 0.717) is 10.4 Å². The van der Waals surface area contributed by atoms with E-state index in [0.717, 1.165) is 26.9 Å². The lowest BCUT2D eigenvalue weighted by atomic mass is 10.1. The van der Waals surface area contributed by atoms with E-state index in [1.54, 1.807) is 6.07 Å². The maximum Gasteiger partial charge on any atom is 0.277 e. The highest BCUT2D eigenvalue weighted by Crippen LogP contribution is 2.26. The van der Waals surface area contributed by atoms with Crippen LogP contribution < -0.4 is 10.2 Å². The maximum atomic E-state index is 11.8. The first kappa shape index (κ1) is 17.7. The normalized spacial score (nSPS) is 11.0. The average molecular weight is 444 g/mol. The number of hydrogen-bond acceptors (Lipinski definition) is 4. The predicted molar refractivity (Wildman–Crippen MR) is 96.0 cm³/mol. The molecule has 0 saturated carbocycles. The summed E-state index contributed by atoms with van der Waals surface area (Å²) in [6.07, 6.45) is 1.41. The number of hydrogen-bond donors (Lipinski definition) is 1. The SMILES string of the molecule is Cc1ccc(C)c(OCC(=O)N/N=C/c2cc(Br)c(Br)o2)c1C. The molecule has 0 saturated heterocycles. The number of ether oxygens (including phenoxy) is 1. The molecule has 0 fully saturated rings. The Morgan fingerprint density at radius 3 is 2.65 bits per heavy atom. The van der Waals surface area contributed by atoms with E-state index in [4.69, 9.17) is 9.15 Å². The molecule has 0 aliphatic heterocycles. The van der Waals surface area contributed by atoms with Gasteiger partial charge in [0.2, 0.25) is 0 Å². The summed E-state index contributed by atoms with van der Waals surface area (Å²) in [6, 6.07) is 5.73. The minimum atomic E-state index is -0.341. The van der Waals surface area contributed by atoms with Gasteiger partial charge in [0.15, 0.2) is 11.3 Å². The largest absolute Gasteiger partial charge is 0.483 e. The Hall–Kier alpha value is -1.60. The Morgan fingerprint density at radius 2 is 2.00 bits per heavy atom. The van der Waals surface area contributed by atoms with Gasteiger partial charge < -0.3 is 9.15 Å². The van der Waals surface area contributed by atoms with Gasteiger partial charge in [-0.3, -0.25) is 4.79 Å². The number of amides is 1. The summed E-state index contributed by atoms with van der Waals surface area (Å²) in [5.41, 5.74) is 5.55. The Balaban J connectivity index is 1.90. The lowest BCUT2D eigenvalue weighted by Gasteiger charge is -2.13. The number of benzene rings is 1. The number of rotatable bonds is 5. The van der Waals surface area contributed by atoms with Crippen molar-refractivity contribution in [1.29, 1.82) is 0 Å². The Kier molecular flexibility index (Phi) is 6.01. The summed E-state index contributed by atoms with van der Waals surface area (Å²) in [7, 11) is 0. The zero-order valence-corrected chi connectivity index (χ0v) is 16.1. The van der Waals surface area contributed by atoms with E-state index in [9.17, 15) is 4.79 Å². The number of carbonyl (C=O) groups is 1. The summed E-state index contributed by atoms with van der Waals surface area (Å²) >= 11 is 6.52. The molecule has 1 heterocycles. The van der Waals surface area contributed by atoms with Gasteiger partial charge in [0.05, 0.1) is 10.7 Å². The number of carbonyl (C=O) groups excluding carboxylic acids is 1. The second-order valence-electron chi connectivity index (χ2n) is 5.01. The van der Waals surface area contributed by atoms with E-state index < -0.39 is 0 Å². The molecule has 0 bridgehead atoms. The van der Waals surface area contributed by atoms with Crippen molar-refractivity contribution < 1.29 is 13.9 Å². The van der Waals surface area contributed by atoms with E-state index in [1.165, 1.54) is 6.21 Å². The zero-order chi connectivity index (χ0) is 17.0. The van der Waals surface area contributed by atoms with Gasteiger partial charge in [-0.1, -0.05) is 12.1 Å². The smallest absolute Gasteiger partial charge is 0.277 e. The summed E-state index contributed by atoms with van der Waals surface area (Å²) < 4.78 is 12.3. The van der Waals surface area contributed by atoms with Crippen LogP contribution in [0.25, 0.3) is 0 Å². The lowest BCUT2D eigenvalue weighted by Crippen LogP contribution is -2.25. The van der Waals surface area contributed by atoms with Crippen LogP contribution in [0.3, 0.4) is 0 Å². The second kappa shape index (κ2) is 7.79. The molecule has 23 heavy (non-hydrogen) atoms. The van der Waals surface area contributed by atoms with Crippen LogP contribution in [0.15, 0.2) is 36.9 Å². The van der Waals surface area contributed by atoms with Crippen LogP contribution in [-0.2, 0) is 4.79 Å². The molecule has 7 heteroatoms. The van der Waals surface area contributed by atoms with E-state index in [1.807, 2.05) is 32.9 Å². The standard InChI is InChI=1S/C16H16Br2N2O3/c1-9-4-5-10(2)15(11(9)3)22-8-14(21)20-19-7-12-6-13(17)16(18)23-12/h4-7H,8H2,1-3H3,(H,20,21)/b19-7+. The average Bonchev–Trinajstić information content (AvgIpc) is 2.81. The van der Waals surface area contributed by atoms with Crippen LogP contribution in [0, 0.1) is 20.8 Å². The van der Waals surface area contributed by atoms with Crippen molar-refractivity contribution in [2.75, 3.05) is 6.61 Å². The highest BCUT2D eigenvalue weighted by molar-refractivity contribution is 9.13. The van der Waals surface area contributed by atoms with Crippen LogP contribution in [0.4, 0.5) is 0 Å². The number of furan rings is 1. The molecule has 1 aromatic carbocycles. The molecule has 0 aliphatic rings. The molecular formula is C16H16Br2N2O3. The third kappa shape index (κ3) is 4.68. The Bertz CT molecular complexity index is 735. The highest BCUT2D eigenvalue weighted by atomic mass is 79.9. The maximum absolute atomic E-state index is 11.8. The monoisotopic (exact) mass is 442 g/mol. The second-order valence-corrected chi connectivity index (χ2v) is 6.58. The van der Waals surface area contributed by atoms with Crippen molar-refractivity contribution in [3.8, 4) is 5.75 Å². The summed E-state index contributed by atoms with van der Waals surface area (Å²) in [5, 5.41) is 3.83. The van der Waals surface area contributed by atoms with E-state index >= 15 is 0 Å². The first-order valence-corrected chi connectivity index (χ1v) is 8.43.